The Labute approximate surface area is 232 Å². The van der Waals surface area contributed by atoms with Crippen molar-refractivity contribution in [3.05, 3.63) is 79.6 Å². The molecule has 0 aliphatic heterocycles. The lowest BCUT2D eigenvalue weighted by Gasteiger charge is -2.28. The van der Waals surface area contributed by atoms with Crippen LogP contribution in [0.3, 0.4) is 0 Å². The number of aryl methyl sites for hydroxylation is 1. The maximum Gasteiger partial charge on any atom is 0.514 e. The van der Waals surface area contributed by atoms with E-state index in [4.69, 9.17) is 14.2 Å². The van der Waals surface area contributed by atoms with Gasteiger partial charge >= 0.3 is 12.2 Å². The van der Waals surface area contributed by atoms with Gasteiger partial charge in [0.25, 0.3) is 5.69 Å². The standard InChI is InChI=1S/C29H35N3O8/c1-18-16-21(32(36)37)10-8-20(18)17-31(26(34)39-28(2,3)4)15-14-19-9-12-23(38-27(35)40-29(5,6)7)25-22(19)11-13-24(33)30-25/h8-13,16H,14-15,17H2,1-7H3,(H,30,33). The smallest absolute Gasteiger partial charge is 0.444 e. The zero-order valence-corrected chi connectivity index (χ0v) is 23.8. The van der Waals surface area contributed by atoms with Crippen molar-refractivity contribution < 1.29 is 28.7 Å². The monoisotopic (exact) mass is 553 g/mol. The van der Waals surface area contributed by atoms with Gasteiger partial charge in [0.1, 0.15) is 11.2 Å². The number of H-pyrrole nitrogens is 1. The maximum atomic E-state index is 13.1. The van der Waals surface area contributed by atoms with Crippen LogP contribution in [-0.2, 0) is 22.4 Å². The number of hydrogen-bond acceptors (Lipinski definition) is 8. The molecule has 214 valence electrons. The molecule has 0 aliphatic rings. The number of benzene rings is 2. The molecule has 1 N–H and O–H groups in total. The number of nitro benzene ring substituents is 1. The molecule has 0 bridgehead atoms. The van der Waals surface area contributed by atoms with Crippen LogP contribution in [0.1, 0.15) is 58.2 Å². The number of carbonyl (C=O) groups excluding carboxylic acids is 2. The number of non-ortho nitro benzene ring substituents is 1. The summed E-state index contributed by atoms with van der Waals surface area (Å²) in [7, 11) is 0. The van der Waals surface area contributed by atoms with Crippen molar-refractivity contribution in [3.63, 3.8) is 0 Å². The van der Waals surface area contributed by atoms with Crippen molar-refractivity contribution in [2.45, 2.75) is 72.6 Å². The quantitative estimate of drug-likeness (QED) is 0.162. The molecule has 11 nitrogen and oxygen atoms in total. The molecule has 0 fully saturated rings. The minimum absolute atomic E-state index is 0.0285. The predicted octanol–water partition coefficient (Wildman–Crippen LogP) is 6.04. The molecule has 0 spiro atoms. The maximum absolute atomic E-state index is 13.1. The molecule has 11 heteroatoms. The van der Waals surface area contributed by atoms with Crippen LogP contribution in [0.5, 0.6) is 5.75 Å². The fourth-order valence-electron chi connectivity index (χ4n) is 3.94. The fourth-order valence-corrected chi connectivity index (χ4v) is 3.94. The topological polar surface area (TPSA) is 141 Å². The Morgan fingerprint density at radius 3 is 2.20 bits per heavy atom. The molecular formula is C29H35N3O8. The summed E-state index contributed by atoms with van der Waals surface area (Å²) >= 11 is 0. The van der Waals surface area contributed by atoms with E-state index in [2.05, 4.69) is 4.98 Å². The second-order valence-electron chi connectivity index (χ2n) is 11.4. The lowest BCUT2D eigenvalue weighted by Crippen LogP contribution is -2.37. The van der Waals surface area contributed by atoms with Crippen molar-refractivity contribution in [1.29, 1.82) is 0 Å². The van der Waals surface area contributed by atoms with Crippen molar-refractivity contribution >= 4 is 28.8 Å². The van der Waals surface area contributed by atoms with Crippen LogP contribution in [0.2, 0.25) is 0 Å². The molecule has 2 aromatic carbocycles. The van der Waals surface area contributed by atoms with E-state index in [9.17, 15) is 24.5 Å². The van der Waals surface area contributed by atoms with Crippen molar-refractivity contribution in [3.8, 4) is 5.75 Å². The van der Waals surface area contributed by atoms with E-state index in [1.54, 1.807) is 72.7 Å². The number of carbonyl (C=O) groups is 2. The largest absolute Gasteiger partial charge is 0.514 e. The van der Waals surface area contributed by atoms with E-state index in [0.29, 0.717) is 22.9 Å². The summed E-state index contributed by atoms with van der Waals surface area (Å²) in [6.07, 6.45) is -1.06. The molecule has 0 saturated heterocycles. The van der Waals surface area contributed by atoms with Crippen LogP contribution in [0.15, 0.2) is 47.3 Å². The third kappa shape index (κ3) is 8.29. The molecule has 0 aliphatic carbocycles. The number of amides is 1. The molecule has 1 aromatic heterocycles. The highest BCUT2D eigenvalue weighted by atomic mass is 16.7. The van der Waals surface area contributed by atoms with Crippen LogP contribution < -0.4 is 10.3 Å². The Hall–Kier alpha value is -4.41. The Morgan fingerprint density at radius 1 is 0.950 bits per heavy atom. The summed E-state index contributed by atoms with van der Waals surface area (Å²) in [5, 5.41) is 11.8. The van der Waals surface area contributed by atoms with Gasteiger partial charge < -0.3 is 24.1 Å². The van der Waals surface area contributed by atoms with Crippen LogP contribution in [-0.4, -0.2) is 44.8 Å². The van der Waals surface area contributed by atoms with E-state index >= 15 is 0 Å². The average Bonchev–Trinajstić information content (AvgIpc) is 2.81. The van der Waals surface area contributed by atoms with Crippen molar-refractivity contribution in [1.82, 2.24) is 9.88 Å². The van der Waals surface area contributed by atoms with E-state index in [0.717, 1.165) is 11.1 Å². The van der Waals surface area contributed by atoms with Gasteiger partial charge in [0, 0.05) is 36.7 Å². The number of ether oxygens (including phenoxy) is 3. The van der Waals surface area contributed by atoms with Gasteiger partial charge in [-0.05, 0) is 83.7 Å². The van der Waals surface area contributed by atoms with E-state index in [1.165, 1.54) is 23.1 Å². The first-order valence-electron chi connectivity index (χ1n) is 12.8. The summed E-state index contributed by atoms with van der Waals surface area (Å²) in [6, 6.07) is 10.8. The normalized spacial score (nSPS) is 11.7. The number of pyridine rings is 1. The van der Waals surface area contributed by atoms with Crippen LogP contribution >= 0.6 is 0 Å². The zero-order valence-electron chi connectivity index (χ0n) is 23.8. The lowest BCUT2D eigenvalue weighted by molar-refractivity contribution is -0.384. The van der Waals surface area contributed by atoms with Gasteiger partial charge in [-0.3, -0.25) is 14.9 Å². The van der Waals surface area contributed by atoms with Gasteiger partial charge in [-0.15, -0.1) is 0 Å². The molecule has 0 atom stereocenters. The molecule has 40 heavy (non-hydrogen) atoms. The Bertz CT molecular complexity index is 1480. The van der Waals surface area contributed by atoms with Gasteiger partial charge in [-0.1, -0.05) is 12.1 Å². The number of hydrogen-bond donors (Lipinski definition) is 1. The molecule has 1 heterocycles. The molecule has 3 aromatic rings. The number of nitrogens with zero attached hydrogens (tertiary/aromatic N) is 2. The number of nitrogens with one attached hydrogen (secondary N) is 1. The van der Waals surface area contributed by atoms with Crippen molar-refractivity contribution in [2.75, 3.05) is 6.54 Å². The zero-order chi connectivity index (χ0) is 29.8. The summed E-state index contributed by atoms with van der Waals surface area (Å²) in [4.78, 5) is 52.5. The van der Waals surface area contributed by atoms with E-state index in [1.807, 2.05) is 0 Å². The summed E-state index contributed by atoms with van der Waals surface area (Å²) in [6.45, 7) is 12.6. The highest BCUT2D eigenvalue weighted by Gasteiger charge is 2.24. The predicted molar refractivity (Wildman–Crippen MR) is 150 cm³/mol. The highest BCUT2D eigenvalue weighted by molar-refractivity contribution is 5.89. The van der Waals surface area contributed by atoms with Gasteiger partial charge in [0.05, 0.1) is 10.4 Å². The van der Waals surface area contributed by atoms with E-state index in [-0.39, 0.29) is 30.1 Å². The first kappa shape index (κ1) is 30.1. The van der Waals surface area contributed by atoms with E-state index < -0.39 is 28.4 Å². The summed E-state index contributed by atoms with van der Waals surface area (Å²) < 4.78 is 16.2. The third-order valence-electron chi connectivity index (χ3n) is 5.73. The average molecular weight is 554 g/mol. The third-order valence-corrected chi connectivity index (χ3v) is 5.73. The van der Waals surface area contributed by atoms with Crippen LogP contribution in [0, 0.1) is 17.0 Å². The molecule has 0 saturated carbocycles. The van der Waals surface area contributed by atoms with Crippen LogP contribution in [0.25, 0.3) is 10.9 Å². The second-order valence-corrected chi connectivity index (χ2v) is 11.4. The Balaban J connectivity index is 1.91. The summed E-state index contributed by atoms with van der Waals surface area (Å²) in [5.41, 5.74) is 0.644. The molecule has 0 radical (unpaired) electrons. The molecule has 3 rings (SSSR count). The number of nitro groups is 1. The minimum Gasteiger partial charge on any atom is -0.444 e. The Kier molecular flexibility index (Phi) is 8.87. The number of fused-ring (bicyclic) bond motifs is 1. The first-order valence-corrected chi connectivity index (χ1v) is 12.8. The van der Waals surface area contributed by atoms with Crippen molar-refractivity contribution in [2.24, 2.45) is 0 Å². The molecule has 0 unspecified atom stereocenters. The van der Waals surface area contributed by atoms with Gasteiger partial charge in [-0.25, -0.2) is 9.59 Å². The van der Waals surface area contributed by atoms with Gasteiger partial charge in [0.15, 0.2) is 5.75 Å². The fraction of sp³-hybridized carbons (Fsp3) is 0.414. The number of aromatic amines is 1. The second kappa shape index (κ2) is 11.8. The molecule has 1 amide bonds. The van der Waals surface area contributed by atoms with Gasteiger partial charge in [0.2, 0.25) is 5.56 Å². The molecular weight excluding hydrogens is 518 g/mol. The highest BCUT2D eigenvalue weighted by Crippen LogP contribution is 2.28. The summed E-state index contributed by atoms with van der Waals surface area (Å²) in [5.74, 6) is 0.135. The number of aromatic nitrogens is 1. The van der Waals surface area contributed by atoms with Crippen LogP contribution in [0.4, 0.5) is 15.3 Å². The lowest BCUT2D eigenvalue weighted by atomic mass is 10.0. The minimum atomic E-state index is -0.902. The number of rotatable bonds is 7. The van der Waals surface area contributed by atoms with Gasteiger partial charge in [-0.2, -0.15) is 0 Å². The SMILES string of the molecule is Cc1cc([N+](=O)[O-])ccc1CN(CCc1ccc(OC(=O)OC(C)(C)C)c2[nH]c(=O)ccc12)C(=O)OC(C)(C)C. The first-order chi connectivity index (χ1) is 18.5. The Morgan fingerprint density at radius 2 is 1.60 bits per heavy atom.